The van der Waals surface area contributed by atoms with Crippen molar-refractivity contribution in [1.29, 1.82) is 0 Å². The summed E-state index contributed by atoms with van der Waals surface area (Å²) in [4.78, 5) is 71.5. The molecule has 0 unspecified atom stereocenters. The third kappa shape index (κ3) is 10.8. The predicted octanol–water partition coefficient (Wildman–Crippen LogP) is 3.82. The van der Waals surface area contributed by atoms with Crippen molar-refractivity contribution in [3.8, 4) is 22.8 Å². The number of alkyl halides is 3. The van der Waals surface area contributed by atoms with Crippen LogP contribution in [0.1, 0.15) is 41.5 Å². The van der Waals surface area contributed by atoms with E-state index >= 15 is 0 Å². The molecule has 0 aliphatic carbocycles. The minimum Gasteiger partial charge on any atom is -0.444 e. The van der Waals surface area contributed by atoms with Gasteiger partial charge in [-0.3, -0.25) is 23.7 Å². The lowest BCUT2D eigenvalue weighted by molar-refractivity contribution is -0.156. The molecule has 0 radical (unpaired) electrons. The first kappa shape index (κ1) is 49.5. The van der Waals surface area contributed by atoms with E-state index in [1.54, 1.807) is 68.8 Å². The van der Waals surface area contributed by atoms with Crippen LogP contribution >= 0.6 is 0 Å². The van der Waals surface area contributed by atoms with Gasteiger partial charge < -0.3 is 45.8 Å². The molecule has 8 aromatic rings. The summed E-state index contributed by atoms with van der Waals surface area (Å²) < 4.78 is 67.0. The molecule has 6 aromatic heterocycles. The van der Waals surface area contributed by atoms with Gasteiger partial charge in [0.05, 0.1) is 54.2 Å². The van der Waals surface area contributed by atoms with Crippen molar-refractivity contribution in [2.24, 2.45) is 14.1 Å². The van der Waals surface area contributed by atoms with Crippen LogP contribution in [0.3, 0.4) is 0 Å². The average Bonchev–Trinajstić information content (AvgIpc) is 4.08. The Hall–Kier alpha value is -7.97. The number of amides is 3. The third-order valence-corrected chi connectivity index (χ3v) is 11.2. The molecule has 2 aliphatic heterocycles. The van der Waals surface area contributed by atoms with Crippen LogP contribution in [0.25, 0.3) is 66.9 Å². The number of ether oxygens (including phenoxy) is 1. The zero-order valence-electron chi connectivity index (χ0n) is 38.4. The van der Waals surface area contributed by atoms with Gasteiger partial charge in [0, 0.05) is 56.9 Å². The van der Waals surface area contributed by atoms with E-state index in [2.05, 4.69) is 56.1 Å². The number of fused-ring (bicyclic) bond motifs is 4. The molecule has 21 nitrogen and oxygen atoms in total. The van der Waals surface area contributed by atoms with Gasteiger partial charge in [0.1, 0.15) is 62.2 Å². The van der Waals surface area contributed by atoms with E-state index in [1.807, 2.05) is 0 Å². The molecule has 372 valence electrons. The summed E-state index contributed by atoms with van der Waals surface area (Å²) in [5.74, 6) is -1.52. The number of likely N-dealkylation sites (tertiary alicyclic amines) is 1. The number of β-amino-alcohol motifs (C(OH)–C–C–N with tert-alkyl or cyclic N) is 2. The Kier molecular flexibility index (Phi) is 13.1. The molecule has 0 atom stereocenters. The van der Waals surface area contributed by atoms with Crippen LogP contribution < -0.4 is 16.0 Å². The van der Waals surface area contributed by atoms with Crippen LogP contribution in [0, 0.1) is 11.6 Å². The van der Waals surface area contributed by atoms with Crippen molar-refractivity contribution in [3.05, 3.63) is 83.9 Å². The highest BCUT2D eigenvalue weighted by atomic mass is 19.4. The zero-order chi connectivity index (χ0) is 51.2. The van der Waals surface area contributed by atoms with Gasteiger partial charge >= 0.3 is 12.3 Å². The normalized spacial score (nSPS) is 15.0. The quantitative estimate of drug-likeness (QED) is 0.0843. The number of hydrogen-bond donors (Lipinski definition) is 7. The average molecular weight is 989 g/mol. The molecule has 0 saturated carbocycles. The highest BCUT2D eigenvalue weighted by Crippen LogP contribution is 2.30. The number of aliphatic hydroxyl groups is 2. The van der Waals surface area contributed by atoms with Gasteiger partial charge in [0.15, 0.2) is 11.3 Å². The van der Waals surface area contributed by atoms with Crippen LogP contribution in [0.2, 0.25) is 0 Å². The van der Waals surface area contributed by atoms with E-state index in [1.165, 1.54) is 41.6 Å². The van der Waals surface area contributed by atoms with Gasteiger partial charge in [-0.15, -0.1) is 0 Å². The maximum atomic E-state index is 13.7. The summed E-state index contributed by atoms with van der Waals surface area (Å²) >= 11 is 0. The van der Waals surface area contributed by atoms with Crippen molar-refractivity contribution in [3.63, 3.8) is 0 Å². The predicted molar refractivity (Wildman–Crippen MR) is 244 cm³/mol. The topological polar surface area (TPSA) is 276 Å². The minimum atomic E-state index is -4.64. The molecule has 7 N–H and O–H groups in total. The van der Waals surface area contributed by atoms with E-state index < -0.39 is 41.3 Å². The first-order chi connectivity index (χ1) is 33.4. The molecular weight excluding hydrogens is 944 g/mol. The Morgan fingerprint density at radius 1 is 0.761 bits per heavy atom. The molecule has 26 heteroatoms. The van der Waals surface area contributed by atoms with Crippen molar-refractivity contribution >= 4 is 68.3 Å². The number of nitrogens with one attached hydrogen (secondary N) is 5. The Bertz CT molecular complexity index is 3350. The highest BCUT2D eigenvalue weighted by molar-refractivity contribution is 6.06. The minimum absolute atomic E-state index is 0.0490. The molecule has 10 rings (SSSR count). The molecule has 2 aliphatic rings. The Morgan fingerprint density at radius 2 is 1.20 bits per heavy atom. The number of nitrogens with zero attached hydrogens (tertiary/aromatic N) is 9. The van der Waals surface area contributed by atoms with Crippen LogP contribution in [0.4, 0.5) is 26.7 Å². The van der Waals surface area contributed by atoms with Crippen molar-refractivity contribution in [2.75, 3.05) is 39.3 Å². The molecule has 2 aromatic carbocycles. The highest BCUT2D eigenvalue weighted by Gasteiger charge is 2.45. The lowest BCUT2D eigenvalue weighted by Crippen LogP contribution is -2.68. The fourth-order valence-electron chi connectivity index (χ4n) is 7.65. The molecule has 0 spiro atoms. The molecule has 2 saturated heterocycles. The second-order valence-electron chi connectivity index (χ2n) is 18.0. The van der Waals surface area contributed by atoms with E-state index in [0.717, 1.165) is 5.39 Å². The van der Waals surface area contributed by atoms with Crippen molar-refractivity contribution < 1.29 is 56.1 Å². The molecule has 3 amide bonds. The summed E-state index contributed by atoms with van der Waals surface area (Å²) in [5.41, 5.74) is 2.61. The monoisotopic (exact) mass is 988 g/mol. The fourth-order valence-corrected chi connectivity index (χ4v) is 7.65. The summed E-state index contributed by atoms with van der Waals surface area (Å²) in [6, 6.07) is 8.80. The smallest absolute Gasteiger partial charge is 0.444 e. The number of H-pyrrole nitrogens is 2. The number of aldehydes is 1. The van der Waals surface area contributed by atoms with Gasteiger partial charge in [-0.25, -0.2) is 33.5 Å². The second kappa shape index (κ2) is 18.7. The van der Waals surface area contributed by atoms with E-state index in [4.69, 9.17) is 9.53 Å². The number of benzene rings is 2. The van der Waals surface area contributed by atoms with E-state index in [-0.39, 0.29) is 49.3 Å². The number of carbonyl (C=O) groups excluding carboxylic acids is 4. The van der Waals surface area contributed by atoms with Crippen LogP contribution in [0.15, 0.2) is 61.2 Å². The Morgan fingerprint density at radius 3 is 1.59 bits per heavy atom. The number of rotatable bonds is 8. The number of halogens is 5. The van der Waals surface area contributed by atoms with Gasteiger partial charge in [-0.1, -0.05) is 0 Å². The van der Waals surface area contributed by atoms with Crippen molar-refractivity contribution in [1.82, 2.24) is 70.3 Å². The standard InChI is InChI=1S/C24H26FN7O4.C19H18FN7O2.C2HF3O/c1-23(2,3)36-22(34)32-11-24(35,12-32)10-28-21(33)15-8-26-20-19(15)29-16(9-27-20)18-14-6-5-13(25)7-17(14)31(4)30-18;1-27-14-4-10(20)2-3-11(14)15(26-27)13-6-23-17-16(25-13)12(5-22-17)18(28)24-9-19(29)7-21-8-19;3-2(4,5)1-6/h5-9,35H,10-12H2,1-4H3,(H,26,27)(H,28,33);2-6,21,29H,7-9H2,1H3,(H,22,23)(H,24,28);1H. The van der Waals surface area contributed by atoms with Gasteiger partial charge in [-0.2, -0.15) is 23.4 Å². The van der Waals surface area contributed by atoms with Gasteiger partial charge in [0.2, 0.25) is 6.29 Å². The maximum Gasteiger partial charge on any atom is 0.446 e. The number of aryl methyl sites for hydroxylation is 2. The van der Waals surface area contributed by atoms with Crippen LogP contribution in [0.5, 0.6) is 0 Å². The summed E-state index contributed by atoms with van der Waals surface area (Å²) in [6.07, 6.45) is -0.0792. The van der Waals surface area contributed by atoms with E-state index in [9.17, 15) is 46.5 Å². The third-order valence-electron chi connectivity index (χ3n) is 11.2. The summed E-state index contributed by atoms with van der Waals surface area (Å²) in [7, 11) is 3.44. The summed E-state index contributed by atoms with van der Waals surface area (Å²) in [6.45, 7) is 6.38. The number of aromatic nitrogens is 10. The molecular formula is C45H45F5N14O7. The zero-order valence-corrected chi connectivity index (χ0v) is 38.4. The second-order valence-corrected chi connectivity index (χ2v) is 18.0. The molecule has 71 heavy (non-hydrogen) atoms. The SMILES string of the molecule is Cn1nc(-c2cnc3[nH]cc(C(=O)NCC4(O)CN(C(=O)OC(C)(C)C)C4)c3n2)c2ccc(F)cc21.Cn1nc(-c2cnc3[nH]cc(C(=O)NCC4(O)CNC4)c3n2)c2ccc(F)cc21.O=CC(F)(F)F. The lowest BCUT2D eigenvalue weighted by Gasteiger charge is -2.46. The number of aromatic amines is 2. The first-order valence-electron chi connectivity index (χ1n) is 21.6. The number of carbonyl (C=O) groups is 4. The van der Waals surface area contributed by atoms with Gasteiger partial charge in [-0.05, 0) is 57.2 Å². The van der Waals surface area contributed by atoms with Crippen molar-refractivity contribution in [2.45, 2.75) is 43.8 Å². The molecule has 2 fully saturated rings. The van der Waals surface area contributed by atoms with E-state index in [0.29, 0.717) is 80.2 Å². The lowest BCUT2D eigenvalue weighted by atomic mass is 9.94. The molecule has 8 heterocycles. The molecule has 0 bridgehead atoms. The number of hydrogen-bond acceptors (Lipinski definition) is 14. The van der Waals surface area contributed by atoms with Crippen LogP contribution in [-0.4, -0.2) is 151 Å². The Labute approximate surface area is 397 Å². The van der Waals surface area contributed by atoms with Gasteiger partial charge in [0.25, 0.3) is 11.8 Å². The maximum absolute atomic E-state index is 13.7. The largest absolute Gasteiger partial charge is 0.446 e. The Balaban J connectivity index is 0.000000174. The fraction of sp³-hybridized carbons (Fsp3) is 0.333. The first-order valence-corrected chi connectivity index (χ1v) is 21.6. The summed E-state index contributed by atoms with van der Waals surface area (Å²) in [5, 5.41) is 39.6. The van der Waals surface area contributed by atoms with Crippen LogP contribution in [-0.2, 0) is 23.6 Å².